The molecule has 1 N–H and O–H groups in total. The first-order chi connectivity index (χ1) is 6.61. The number of aromatic hydroxyl groups is 1. The predicted octanol–water partition coefficient (Wildman–Crippen LogP) is 1.43. The second-order valence-electron chi connectivity index (χ2n) is 3.15. The summed E-state index contributed by atoms with van der Waals surface area (Å²) in [5, 5.41) is 19.9. The lowest BCUT2D eigenvalue weighted by molar-refractivity contribution is -0.386. The molecule has 0 atom stereocenters. The number of fused-ring (bicyclic) bond motifs is 1. The molecule has 0 amide bonds. The van der Waals surface area contributed by atoms with Gasteiger partial charge in [-0.25, -0.2) is 0 Å². The second kappa shape index (κ2) is 2.80. The highest BCUT2D eigenvalue weighted by Gasteiger charge is 2.31. The van der Waals surface area contributed by atoms with Crippen molar-refractivity contribution in [3.05, 3.63) is 33.4 Å². The third kappa shape index (κ3) is 1.06. The minimum absolute atomic E-state index is 0.0787. The fourth-order valence-corrected chi connectivity index (χ4v) is 1.70. The number of carbonyl (C=O) groups excluding carboxylic acids is 1. The molecule has 1 aromatic rings. The first kappa shape index (κ1) is 8.68. The molecule has 5 nitrogen and oxygen atoms in total. The van der Waals surface area contributed by atoms with Gasteiger partial charge >= 0.3 is 5.69 Å². The Morgan fingerprint density at radius 3 is 2.71 bits per heavy atom. The molecule has 0 spiro atoms. The summed E-state index contributed by atoms with van der Waals surface area (Å²) in [5.74, 6) is -0.702. The largest absolute Gasteiger partial charge is 0.502 e. The van der Waals surface area contributed by atoms with Crippen LogP contribution in [0.15, 0.2) is 12.1 Å². The van der Waals surface area contributed by atoms with Crippen LogP contribution in [0.1, 0.15) is 22.3 Å². The van der Waals surface area contributed by atoms with Crippen molar-refractivity contribution in [3.63, 3.8) is 0 Å². The molecule has 5 heteroatoms. The van der Waals surface area contributed by atoms with Gasteiger partial charge in [-0.05, 0) is 18.1 Å². The maximum Gasteiger partial charge on any atom is 0.321 e. The monoisotopic (exact) mass is 193 g/mol. The van der Waals surface area contributed by atoms with E-state index in [0.717, 1.165) is 0 Å². The molecule has 0 bridgehead atoms. The van der Waals surface area contributed by atoms with Crippen molar-refractivity contribution in [3.8, 4) is 5.75 Å². The van der Waals surface area contributed by atoms with Crippen LogP contribution in [-0.4, -0.2) is 15.8 Å². The molecule has 1 aliphatic rings. The van der Waals surface area contributed by atoms with Gasteiger partial charge in [-0.3, -0.25) is 14.9 Å². The third-order valence-electron chi connectivity index (χ3n) is 2.33. The van der Waals surface area contributed by atoms with E-state index in [1.165, 1.54) is 6.07 Å². The van der Waals surface area contributed by atoms with Crippen LogP contribution in [0.25, 0.3) is 0 Å². The first-order valence-corrected chi connectivity index (χ1v) is 4.13. The van der Waals surface area contributed by atoms with Crippen LogP contribution >= 0.6 is 0 Å². The fourth-order valence-electron chi connectivity index (χ4n) is 1.70. The summed E-state index contributed by atoms with van der Waals surface area (Å²) in [4.78, 5) is 21.2. The number of hydrogen-bond donors (Lipinski definition) is 1. The smallest absolute Gasteiger partial charge is 0.321 e. The van der Waals surface area contributed by atoms with Gasteiger partial charge in [0, 0.05) is 6.42 Å². The summed E-state index contributed by atoms with van der Waals surface area (Å²) in [6.07, 6.45) is 0.814. The Hall–Kier alpha value is -1.91. The molecule has 0 radical (unpaired) electrons. The minimum Gasteiger partial charge on any atom is -0.502 e. The van der Waals surface area contributed by atoms with E-state index in [9.17, 15) is 20.0 Å². The molecule has 0 saturated heterocycles. The van der Waals surface area contributed by atoms with Gasteiger partial charge in [-0.15, -0.1) is 0 Å². The topological polar surface area (TPSA) is 80.4 Å². The zero-order chi connectivity index (χ0) is 10.3. The predicted molar refractivity (Wildman–Crippen MR) is 47.4 cm³/mol. The summed E-state index contributed by atoms with van der Waals surface area (Å²) >= 11 is 0. The van der Waals surface area contributed by atoms with Crippen LogP contribution in [0.2, 0.25) is 0 Å². The Balaban J connectivity index is 2.74. The Morgan fingerprint density at radius 2 is 2.07 bits per heavy atom. The number of carbonyl (C=O) groups is 1. The summed E-state index contributed by atoms with van der Waals surface area (Å²) in [7, 11) is 0. The lowest BCUT2D eigenvalue weighted by Crippen LogP contribution is -1.99. The quantitative estimate of drug-likeness (QED) is 0.540. The van der Waals surface area contributed by atoms with Crippen molar-refractivity contribution in [2.24, 2.45) is 0 Å². The number of benzene rings is 1. The van der Waals surface area contributed by atoms with Gasteiger partial charge in [0.2, 0.25) is 0 Å². The van der Waals surface area contributed by atoms with Gasteiger partial charge in [-0.1, -0.05) is 6.07 Å². The van der Waals surface area contributed by atoms with E-state index in [-0.39, 0.29) is 11.3 Å². The highest BCUT2D eigenvalue weighted by atomic mass is 16.6. The number of rotatable bonds is 1. The van der Waals surface area contributed by atoms with Crippen LogP contribution in [0.3, 0.4) is 0 Å². The second-order valence-corrected chi connectivity index (χ2v) is 3.15. The van der Waals surface area contributed by atoms with E-state index in [2.05, 4.69) is 0 Å². The van der Waals surface area contributed by atoms with Crippen LogP contribution in [-0.2, 0) is 6.42 Å². The van der Waals surface area contributed by atoms with Crippen molar-refractivity contribution in [2.75, 3.05) is 0 Å². The van der Waals surface area contributed by atoms with E-state index >= 15 is 0 Å². The van der Waals surface area contributed by atoms with E-state index in [1.807, 2.05) is 0 Å². The molecule has 1 aromatic carbocycles. The minimum atomic E-state index is -0.711. The summed E-state index contributed by atoms with van der Waals surface area (Å²) in [6.45, 7) is 0. The van der Waals surface area contributed by atoms with E-state index in [0.29, 0.717) is 18.4 Å². The number of phenols is 1. The number of nitro benzene ring substituents is 1. The van der Waals surface area contributed by atoms with Gasteiger partial charge in [0.25, 0.3) is 0 Å². The molecule has 0 aliphatic heterocycles. The van der Waals surface area contributed by atoms with Crippen LogP contribution in [0, 0.1) is 10.1 Å². The Bertz CT molecular complexity index is 439. The highest BCUT2D eigenvalue weighted by molar-refractivity contribution is 6.04. The van der Waals surface area contributed by atoms with Crippen LogP contribution in [0.4, 0.5) is 5.69 Å². The lowest BCUT2D eigenvalue weighted by Gasteiger charge is -2.00. The number of nitrogens with zero attached hydrogens (tertiary/aromatic N) is 1. The Morgan fingerprint density at radius 1 is 1.36 bits per heavy atom. The van der Waals surface area contributed by atoms with Crippen LogP contribution < -0.4 is 0 Å². The Labute approximate surface area is 79.1 Å². The molecule has 2 rings (SSSR count). The van der Waals surface area contributed by atoms with Crippen LogP contribution in [0.5, 0.6) is 5.75 Å². The molecule has 0 heterocycles. The molecule has 14 heavy (non-hydrogen) atoms. The number of hydrogen-bond acceptors (Lipinski definition) is 4. The molecule has 72 valence electrons. The zero-order valence-electron chi connectivity index (χ0n) is 7.19. The standard InChI is InChI=1S/C9H7NO4/c11-6-3-1-5-2-4-7(12)9(8(5)6)10(13)14/h2,4,12H,1,3H2. The Kier molecular flexibility index (Phi) is 1.73. The number of aryl methyl sites for hydroxylation is 1. The highest BCUT2D eigenvalue weighted by Crippen LogP contribution is 2.36. The van der Waals surface area contributed by atoms with Gasteiger partial charge < -0.3 is 5.11 Å². The molecular formula is C9H7NO4. The summed E-state index contributed by atoms with van der Waals surface area (Å²) in [6, 6.07) is 2.82. The third-order valence-corrected chi connectivity index (χ3v) is 2.33. The maximum atomic E-state index is 11.3. The number of ketones is 1. The van der Waals surface area contributed by atoms with Gasteiger partial charge in [0.1, 0.15) is 5.56 Å². The van der Waals surface area contributed by atoms with Gasteiger partial charge in [0.15, 0.2) is 11.5 Å². The van der Waals surface area contributed by atoms with E-state index < -0.39 is 16.4 Å². The molecule has 0 fully saturated rings. The molecule has 0 saturated carbocycles. The number of nitro groups is 1. The molecule has 0 unspecified atom stereocenters. The van der Waals surface area contributed by atoms with Gasteiger partial charge in [-0.2, -0.15) is 0 Å². The molecule has 1 aliphatic carbocycles. The fraction of sp³-hybridized carbons (Fsp3) is 0.222. The van der Waals surface area contributed by atoms with Crippen molar-refractivity contribution >= 4 is 11.5 Å². The first-order valence-electron chi connectivity index (χ1n) is 4.13. The average molecular weight is 193 g/mol. The lowest BCUT2D eigenvalue weighted by atomic mass is 10.1. The summed E-state index contributed by atoms with van der Waals surface area (Å²) < 4.78 is 0. The van der Waals surface area contributed by atoms with Gasteiger partial charge in [0.05, 0.1) is 4.92 Å². The van der Waals surface area contributed by atoms with Crippen molar-refractivity contribution in [2.45, 2.75) is 12.8 Å². The summed E-state index contributed by atoms with van der Waals surface area (Å²) in [5.41, 5.74) is 0.277. The normalized spacial score (nSPS) is 14.1. The average Bonchev–Trinajstić information content (AvgIpc) is 2.47. The van der Waals surface area contributed by atoms with E-state index in [1.54, 1.807) is 6.07 Å². The van der Waals surface area contributed by atoms with E-state index in [4.69, 9.17) is 0 Å². The van der Waals surface area contributed by atoms with Crippen molar-refractivity contribution in [1.82, 2.24) is 0 Å². The zero-order valence-corrected chi connectivity index (χ0v) is 7.19. The SMILES string of the molecule is O=C1CCc2ccc(O)c([N+](=O)[O-])c21. The maximum absolute atomic E-state index is 11.3. The number of Topliss-reactive ketones (excluding diaryl/α,β-unsaturated/α-hetero) is 1. The number of phenolic OH excluding ortho intramolecular Hbond substituents is 1. The molecule has 0 aromatic heterocycles. The van der Waals surface area contributed by atoms with Crippen molar-refractivity contribution < 1.29 is 14.8 Å². The van der Waals surface area contributed by atoms with Crippen molar-refractivity contribution in [1.29, 1.82) is 0 Å². The molecular weight excluding hydrogens is 186 g/mol.